The van der Waals surface area contributed by atoms with E-state index in [4.69, 9.17) is 4.74 Å². The van der Waals surface area contributed by atoms with Crippen molar-refractivity contribution in [2.75, 3.05) is 12.4 Å². The van der Waals surface area contributed by atoms with Crippen LogP contribution in [0.2, 0.25) is 0 Å². The zero-order chi connectivity index (χ0) is 16.7. The van der Waals surface area contributed by atoms with Gasteiger partial charge in [0.2, 0.25) is 0 Å². The number of carbonyl (C=O) groups is 1. The highest BCUT2D eigenvalue weighted by Crippen LogP contribution is 2.52. The Morgan fingerprint density at radius 3 is 2.67 bits per heavy atom. The number of fused-ring (bicyclic) bond motifs is 3. The fraction of sp³-hybridized carbons (Fsp3) is 0.381. The van der Waals surface area contributed by atoms with Crippen LogP contribution < -0.4 is 5.32 Å². The molecule has 2 aliphatic rings. The van der Waals surface area contributed by atoms with Crippen molar-refractivity contribution >= 4 is 11.7 Å². The Balaban J connectivity index is 1.68. The minimum Gasteiger partial charge on any atom is -0.465 e. The summed E-state index contributed by atoms with van der Waals surface area (Å²) in [6.45, 7) is 2.17. The van der Waals surface area contributed by atoms with Gasteiger partial charge in [0.15, 0.2) is 0 Å². The summed E-state index contributed by atoms with van der Waals surface area (Å²) in [5.74, 6) is 0.993. The van der Waals surface area contributed by atoms with Crippen LogP contribution in [0, 0.1) is 12.8 Å². The van der Waals surface area contributed by atoms with Crippen LogP contribution in [-0.2, 0) is 4.74 Å². The molecule has 0 amide bonds. The summed E-state index contributed by atoms with van der Waals surface area (Å²) in [5.41, 5.74) is 5.95. The number of rotatable bonds is 2. The average Bonchev–Trinajstić information content (AvgIpc) is 3.11. The number of ether oxygens (including phenoxy) is 1. The molecule has 3 atom stereocenters. The maximum absolute atomic E-state index is 11.6. The van der Waals surface area contributed by atoms with Gasteiger partial charge in [-0.05, 0) is 60.9 Å². The number of hydrogen-bond donors (Lipinski definition) is 1. The van der Waals surface area contributed by atoms with E-state index in [9.17, 15) is 4.79 Å². The van der Waals surface area contributed by atoms with Gasteiger partial charge >= 0.3 is 5.97 Å². The second-order valence-corrected chi connectivity index (χ2v) is 7.03. The predicted molar refractivity (Wildman–Crippen MR) is 95.4 cm³/mol. The van der Waals surface area contributed by atoms with E-state index in [1.54, 1.807) is 0 Å². The van der Waals surface area contributed by atoms with Crippen LogP contribution in [0.4, 0.5) is 5.69 Å². The summed E-state index contributed by atoms with van der Waals surface area (Å²) in [7, 11) is 1.42. The van der Waals surface area contributed by atoms with E-state index >= 15 is 0 Å². The number of benzene rings is 2. The standard InChI is InChI=1S/C21H23NO2/c1-13-6-11-19-18(12-13)16-4-3-5-17(16)20(22-19)14-7-9-15(10-8-14)21(23)24-2/h6-12,16-17,20,22H,3-5H2,1-2H3. The van der Waals surface area contributed by atoms with Gasteiger partial charge in [0.1, 0.15) is 0 Å². The molecule has 1 heterocycles. The van der Waals surface area contributed by atoms with Crippen LogP contribution in [0.5, 0.6) is 0 Å². The van der Waals surface area contributed by atoms with Crippen molar-refractivity contribution in [1.82, 2.24) is 0 Å². The number of nitrogens with one attached hydrogen (secondary N) is 1. The molecule has 2 aromatic carbocycles. The Kier molecular flexibility index (Phi) is 3.79. The van der Waals surface area contributed by atoms with Crippen LogP contribution >= 0.6 is 0 Å². The first kappa shape index (κ1) is 15.3. The molecule has 3 nitrogen and oxygen atoms in total. The Morgan fingerprint density at radius 2 is 1.92 bits per heavy atom. The highest BCUT2D eigenvalue weighted by Gasteiger charge is 2.40. The fourth-order valence-corrected chi connectivity index (χ4v) is 4.44. The molecule has 0 radical (unpaired) electrons. The normalized spacial score (nSPS) is 24.7. The van der Waals surface area contributed by atoms with Crippen LogP contribution in [0.25, 0.3) is 0 Å². The maximum atomic E-state index is 11.6. The second kappa shape index (κ2) is 5.97. The SMILES string of the molecule is COC(=O)c1ccc(C2Nc3ccc(C)cc3C3CCCC32)cc1. The lowest BCUT2D eigenvalue weighted by Crippen LogP contribution is -2.28. The first-order chi connectivity index (χ1) is 11.7. The number of aryl methyl sites for hydroxylation is 1. The largest absolute Gasteiger partial charge is 0.465 e. The molecule has 124 valence electrons. The average molecular weight is 321 g/mol. The maximum Gasteiger partial charge on any atom is 0.337 e. The van der Waals surface area contributed by atoms with Crippen molar-refractivity contribution in [2.45, 2.75) is 38.1 Å². The first-order valence-corrected chi connectivity index (χ1v) is 8.73. The topological polar surface area (TPSA) is 38.3 Å². The predicted octanol–water partition coefficient (Wildman–Crippen LogP) is 4.83. The van der Waals surface area contributed by atoms with Crippen molar-refractivity contribution in [3.63, 3.8) is 0 Å². The summed E-state index contributed by atoms with van der Waals surface area (Å²) in [6, 6.07) is 14.9. The van der Waals surface area contributed by atoms with E-state index in [-0.39, 0.29) is 5.97 Å². The van der Waals surface area contributed by atoms with Crippen molar-refractivity contribution in [1.29, 1.82) is 0 Å². The van der Waals surface area contributed by atoms with Crippen LogP contribution in [0.15, 0.2) is 42.5 Å². The molecule has 1 N–H and O–H groups in total. The lowest BCUT2D eigenvalue weighted by molar-refractivity contribution is 0.0600. The molecule has 1 saturated carbocycles. The van der Waals surface area contributed by atoms with Gasteiger partial charge in [0, 0.05) is 5.69 Å². The molecule has 1 aliphatic heterocycles. The number of carbonyl (C=O) groups excluding carboxylic acids is 1. The van der Waals surface area contributed by atoms with Crippen LogP contribution in [0.1, 0.15) is 58.3 Å². The van der Waals surface area contributed by atoms with E-state index in [2.05, 4.69) is 42.6 Å². The molecule has 1 aliphatic carbocycles. The van der Waals surface area contributed by atoms with E-state index in [0.717, 1.165) is 0 Å². The number of hydrogen-bond acceptors (Lipinski definition) is 3. The fourth-order valence-electron chi connectivity index (χ4n) is 4.44. The number of anilines is 1. The molecule has 24 heavy (non-hydrogen) atoms. The summed E-state index contributed by atoms with van der Waals surface area (Å²) >= 11 is 0. The van der Waals surface area contributed by atoms with Gasteiger partial charge in [-0.2, -0.15) is 0 Å². The molecule has 0 bridgehead atoms. The number of methoxy groups -OCH3 is 1. The highest BCUT2D eigenvalue weighted by atomic mass is 16.5. The molecule has 3 heteroatoms. The third kappa shape index (κ3) is 2.48. The lowest BCUT2D eigenvalue weighted by Gasteiger charge is -2.38. The van der Waals surface area contributed by atoms with Gasteiger partial charge in [-0.1, -0.05) is 36.2 Å². The zero-order valence-electron chi connectivity index (χ0n) is 14.2. The van der Waals surface area contributed by atoms with Gasteiger partial charge in [-0.15, -0.1) is 0 Å². The molecule has 2 aromatic rings. The summed E-state index contributed by atoms with van der Waals surface area (Å²) in [4.78, 5) is 11.6. The molecule has 0 spiro atoms. The third-order valence-electron chi connectivity index (χ3n) is 5.61. The summed E-state index contributed by atoms with van der Waals surface area (Å²) < 4.78 is 4.79. The van der Waals surface area contributed by atoms with Crippen molar-refractivity contribution < 1.29 is 9.53 Å². The number of esters is 1. The Labute approximate surface area is 143 Å². The van der Waals surface area contributed by atoms with Gasteiger partial charge in [-0.3, -0.25) is 0 Å². The molecule has 0 aromatic heterocycles. The minimum absolute atomic E-state index is 0.280. The van der Waals surface area contributed by atoms with Crippen molar-refractivity contribution in [3.05, 3.63) is 64.7 Å². The minimum atomic E-state index is -0.280. The Morgan fingerprint density at radius 1 is 1.12 bits per heavy atom. The molecule has 1 fully saturated rings. The Hall–Kier alpha value is -2.29. The van der Waals surface area contributed by atoms with E-state index < -0.39 is 0 Å². The highest BCUT2D eigenvalue weighted by molar-refractivity contribution is 5.89. The molecule has 0 saturated heterocycles. The van der Waals surface area contributed by atoms with E-state index in [1.807, 2.05) is 12.1 Å². The first-order valence-electron chi connectivity index (χ1n) is 8.73. The van der Waals surface area contributed by atoms with Gasteiger partial charge < -0.3 is 10.1 Å². The van der Waals surface area contributed by atoms with Crippen molar-refractivity contribution in [3.8, 4) is 0 Å². The second-order valence-electron chi connectivity index (χ2n) is 7.03. The van der Waals surface area contributed by atoms with Gasteiger partial charge in [-0.25, -0.2) is 4.79 Å². The molecular weight excluding hydrogens is 298 g/mol. The van der Waals surface area contributed by atoms with Crippen LogP contribution in [-0.4, -0.2) is 13.1 Å². The van der Waals surface area contributed by atoms with Gasteiger partial charge in [0.05, 0.1) is 18.7 Å². The van der Waals surface area contributed by atoms with E-state index in [0.29, 0.717) is 23.4 Å². The van der Waals surface area contributed by atoms with Crippen LogP contribution in [0.3, 0.4) is 0 Å². The Bertz CT molecular complexity index is 766. The monoisotopic (exact) mass is 321 g/mol. The van der Waals surface area contributed by atoms with E-state index in [1.165, 1.54) is 48.8 Å². The van der Waals surface area contributed by atoms with Gasteiger partial charge in [0.25, 0.3) is 0 Å². The van der Waals surface area contributed by atoms with Crippen molar-refractivity contribution in [2.24, 2.45) is 5.92 Å². The molecular formula is C21H23NO2. The quantitative estimate of drug-likeness (QED) is 0.805. The molecule has 4 rings (SSSR count). The summed E-state index contributed by atoms with van der Waals surface area (Å²) in [5, 5.41) is 3.76. The zero-order valence-corrected chi connectivity index (χ0v) is 14.2. The summed E-state index contributed by atoms with van der Waals surface area (Å²) in [6.07, 6.45) is 3.83. The lowest BCUT2D eigenvalue weighted by atomic mass is 9.77. The molecule has 3 unspecified atom stereocenters. The third-order valence-corrected chi connectivity index (χ3v) is 5.61. The smallest absolute Gasteiger partial charge is 0.337 e.